The van der Waals surface area contributed by atoms with Crippen LogP contribution in [0.5, 0.6) is 0 Å². The molecule has 0 spiro atoms. The van der Waals surface area contributed by atoms with Crippen LogP contribution in [-0.2, 0) is 12.8 Å². The fraction of sp³-hybridized carbons (Fsp3) is 0.438. The second-order valence-corrected chi connectivity index (χ2v) is 4.36. The Kier molecular flexibility index (Phi) is 5.68. The van der Waals surface area contributed by atoms with E-state index in [-0.39, 0.29) is 5.78 Å². The molecule has 1 aromatic rings. The SMILES string of the molecule is C/C=C/C(=O)c1cc(CCC)ccc1CCC. The first-order valence-corrected chi connectivity index (χ1v) is 6.51. The van der Waals surface area contributed by atoms with Gasteiger partial charge in [-0.2, -0.15) is 0 Å². The highest BCUT2D eigenvalue weighted by Gasteiger charge is 2.09. The average molecular weight is 230 g/mol. The van der Waals surface area contributed by atoms with E-state index in [4.69, 9.17) is 0 Å². The summed E-state index contributed by atoms with van der Waals surface area (Å²) < 4.78 is 0. The van der Waals surface area contributed by atoms with Crippen molar-refractivity contribution in [3.05, 3.63) is 47.0 Å². The Hall–Kier alpha value is -1.37. The smallest absolute Gasteiger partial charge is 0.185 e. The number of hydrogen-bond acceptors (Lipinski definition) is 1. The van der Waals surface area contributed by atoms with Gasteiger partial charge in [0.05, 0.1) is 0 Å². The van der Waals surface area contributed by atoms with Crippen LogP contribution in [0.2, 0.25) is 0 Å². The highest BCUT2D eigenvalue weighted by Crippen LogP contribution is 2.16. The Labute approximate surface area is 105 Å². The number of ketones is 1. The maximum atomic E-state index is 12.0. The van der Waals surface area contributed by atoms with Gasteiger partial charge in [0.15, 0.2) is 5.78 Å². The van der Waals surface area contributed by atoms with Crippen LogP contribution in [0.15, 0.2) is 30.4 Å². The molecule has 0 aliphatic carbocycles. The number of benzene rings is 1. The van der Waals surface area contributed by atoms with Crippen molar-refractivity contribution in [1.29, 1.82) is 0 Å². The predicted molar refractivity (Wildman–Crippen MR) is 73.6 cm³/mol. The van der Waals surface area contributed by atoms with Crippen LogP contribution in [-0.4, -0.2) is 5.78 Å². The fourth-order valence-corrected chi connectivity index (χ4v) is 2.03. The van der Waals surface area contributed by atoms with Crippen LogP contribution in [0, 0.1) is 0 Å². The third kappa shape index (κ3) is 3.85. The van der Waals surface area contributed by atoms with Gasteiger partial charge in [0.25, 0.3) is 0 Å². The molecule has 1 rings (SSSR count). The largest absolute Gasteiger partial charge is 0.289 e. The zero-order chi connectivity index (χ0) is 12.7. The molecule has 1 nitrogen and oxygen atoms in total. The minimum absolute atomic E-state index is 0.133. The number of hydrogen-bond donors (Lipinski definition) is 0. The van der Waals surface area contributed by atoms with E-state index in [9.17, 15) is 4.79 Å². The van der Waals surface area contributed by atoms with Crippen LogP contribution >= 0.6 is 0 Å². The van der Waals surface area contributed by atoms with E-state index >= 15 is 0 Å². The molecule has 0 saturated carbocycles. The van der Waals surface area contributed by atoms with Crippen molar-refractivity contribution in [3.63, 3.8) is 0 Å². The minimum Gasteiger partial charge on any atom is -0.289 e. The Balaban J connectivity index is 3.10. The second-order valence-electron chi connectivity index (χ2n) is 4.36. The number of carbonyl (C=O) groups is 1. The molecule has 0 unspecified atom stereocenters. The van der Waals surface area contributed by atoms with Gasteiger partial charge < -0.3 is 0 Å². The third-order valence-electron chi connectivity index (χ3n) is 2.82. The van der Waals surface area contributed by atoms with Gasteiger partial charge in [0, 0.05) is 5.56 Å². The van der Waals surface area contributed by atoms with Gasteiger partial charge in [-0.05, 0) is 43.0 Å². The van der Waals surface area contributed by atoms with E-state index in [0.29, 0.717) is 0 Å². The van der Waals surface area contributed by atoms with Crippen LogP contribution in [0.4, 0.5) is 0 Å². The lowest BCUT2D eigenvalue weighted by molar-refractivity contribution is 0.104. The Morgan fingerprint density at radius 2 is 1.88 bits per heavy atom. The van der Waals surface area contributed by atoms with E-state index in [0.717, 1.165) is 31.2 Å². The van der Waals surface area contributed by atoms with E-state index in [1.54, 1.807) is 6.08 Å². The standard InChI is InChI=1S/C16H22O/c1-4-7-13-10-11-14(8-5-2)15(12-13)16(17)9-6-3/h6,9-12H,4-5,7-8H2,1-3H3/b9-6+. The highest BCUT2D eigenvalue weighted by molar-refractivity contribution is 6.05. The van der Waals surface area contributed by atoms with Gasteiger partial charge in [0.2, 0.25) is 0 Å². The normalized spacial score (nSPS) is 11.0. The van der Waals surface area contributed by atoms with Gasteiger partial charge in [-0.25, -0.2) is 0 Å². The van der Waals surface area contributed by atoms with Crippen molar-refractivity contribution < 1.29 is 4.79 Å². The summed E-state index contributed by atoms with van der Waals surface area (Å²) in [5.41, 5.74) is 3.33. The summed E-state index contributed by atoms with van der Waals surface area (Å²) in [4.78, 5) is 12.0. The summed E-state index contributed by atoms with van der Waals surface area (Å²) in [6.07, 6.45) is 7.68. The molecular formula is C16H22O. The summed E-state index contributed by atoms with van der Waals surface area (Å²) in [5, 5.41) is 0. The molecule has 0 bridgehead atoms. The van der Waals surface area contributed by atoms with Gasteiger partial charge in [0.1, 0.15) is 0 Å². The van der Waals surface area contributed by atoms with Crippen LogP contribution in [0.3, 0.4) is 0 Å². The van der Waals surface area contributed by atoms with Gasteiger partial charge >= 0.3 is 0 Å². The monoisotopic (exact) mass is 230 g/mol. The molecule has 0 radical (unpaired) electrons. The molecule has 0 heterocycles. The van der Waals surface area contributed by atoms with Crippen LogP contribution < -0.4 is 0 Å². The molecule has 0 fully saturated rings. The quantitative estimate of drug-likeness (QED) is 0.524. The van der Waals surface area contributed by atoms with Gasteiger partial charge in [-0.3, -0.25) is 4.79 Å². The molecule has 92 valence electrons. The maximum absolute atomic E-state index is 12.0. The summed E-state index contributed by atoms with van der Waals surface area (Å²) in [6, 6.07) is 6.34. The molecule has 0 N–H and O–H groups in total. The van der Waals surface area contributed by atoms with Gasteiger partial charge in [-0.15, -0.1) is 0 Å². The number of rotatable bonds is 6. The van der Waals surface area contributed by atoms with Crippen LogP contribution in [0.25, 0.3) is 0 Å². The maximum Gasteiger partial charge on any atom is 0.185 e. The van der Waals surface area contributed by atoms with Crippen molar-refractivity contribution in [2.75, 3.05) is 0 Å². The molecule has 0 aliphatic heterocycles. The number of aryl methyl sites for hydroxylation is 2. The lowest BCUT2D eigenvalue weighted by Crippen LogP contribution is -2.02. The number of carbonyl (C=O) groups excluding carboxylic acids is 1. The zero-order valence-corrected chi connectivity index (χ0v) is 11.1. The van der Waals surface area contributed by atoms with E-state index in [1.165, 1.54) is 11.1 Å². The van der Waals surface area contributed by atoms with E-state index < -0.39 is 0 Å². The first-order chi connectivity index (χ1) is 8.22. The predicted octanol–water partition coefficient (Wildman–Crippen LogP) is 4.35. The second kappa shape index (κ2) is 7.05. The number of allylic oxidation sites excluding steroid dienone is 2. The molecule has 1 heteroatoms. The lowest BCUT2D eigenvalue weighted by atomic mass is 9.96. The van der Waals surface area contributed by atoms with Gasteiger partial charge in [-0.1, -0.05) is 44.9 Å². The first kappa shape index (κ1) is 13.7. The van der Waals surface area contributed by atoms with E-state index in [2.05, 4.69) is 32.0 Å². The summed E-state index contributed by atoms with van der Waals surface area (Å²) in [7, 11) is 0. The van der Waals surface area contributed by atoms with Crippen molar-refractivity contribution in [2.45, 2.75) is 46.5 Å². The summed E-state index contributed by atoms with van der Waals surface area (Å²) >= 11 is 0. The molecule has 0 amide bonds. The fourth-order valence-electron chi connectivity index (χ4n) is 2.03. The Bertz CT molecular complexity index is 402. The lowest BCUT2D eigenvalue weighted by Gasteiger charge is -2.08. The Morgan fingerprint density at radius 3 is 2.47 bits per heavy atom. The molecule has 0 aliphatic rings. The molecule has 0 atom stereocenters. The first-order valence-electron chi connectivity index (χ1n) is 6.51. The van der Waals surface area contributed by atoms with Crippen LogP contribution in [0.1, 0.15) is 55.1 Å². The van der Waals surface area contributed by atoms with Crippen molar-refractivity contribution in [3.8, 4) is 0 Å². The molecule has 0 aromatic heterocycles. The molecular weight excluding hydrogens is 208 g/mol. The van der Waals surface area contributed by atoms with Crippen molar-refractivity contribution in [1.82, 2.24) is 0 Å². The topological polar surface area (TPSA) is 17.1 Å². The highest BCUT2D eigenvalue weighted by atomic mass is 16.1. The van der Waals surface area contributed by atoms with Crippen molar-refractivity contribution >= 4 is 5.78 Å². The molecule has 17 heavy (non-hydrogen) atoms. The van der Waals surface area contributed by atoms with Crippen molar-refractivity contribution in [2.24, 2.45) is 0 Å². The van der Waals surface area contributed by atoms with E-state index in [1.807, 2.05) is 13.0 Å². The molecule has 0 saturated heterocycles. The summed E-state index contributed by atoms with van der Waals surface area (Å²) in [6.45, 7) is 6.19. The molecule has 1 aromatic carbocycles. The Morgan fingerprint density at radius 1 is 1.18 bits per heavy atom. The average Bonchev–Trinajstić information content (AvgIpc) is 2.32. The third-order valence-corrected chi connectivity index (χ3v) is 2.82. The summed E-state index contributed by atoms with van der Waals surface area (Å²) in [5.74, 6) is 0.133. The zero-order valence-electron chi connectivity index (χ0n) is 11.1. The minimum atomic E-state index is 0.133.